The highest BCUT2D eigenvalue weighted by molar-refractivity contribution is 5.91. The van der Waals surface area contributed by atoms with Gasteiger partial charge in [-0.3, -0.25) is 9.59 Å². The molecule has 0 saturated carbocycles. The lowest BCUT2D eigenvalue weighted by Crippen LogP contribution is -2.27. The number of carboxylic acids is 1. The molecule has 0 unspecified atom stereocenters. The Morgan fingerprint density at radius 2 is 1.56 bits per heavy atom. The van der Waals surface area contributed by atoms with Crippen molar-refractivity contribution in [3.05, 3.63) is 89.5 Å². The molecule has 0 aromatic heterocycles. The van der Waals surface area contributed by atoms with Crippen LogP contribution >= 0.6 is 0 Å². The highest BCUT2D eigenvalue weighted by Crippen LogP contribution is 2.44. The largest absolute Gasteiger partial charge is 0.481 e. The standard InChI is InChI=1S/C27H26N2O5/c30-25(29-19-8-5-7-18(15-19)16-26(31)32)13-6-14-28-27(33)34-17-24-22-11-3-1-9-20(22)21-10-2-4-12-23(21)24/h1-5,7-12,15,24H,6,13-14,16-17H2,(H,28,33)(H,29,30)(H,31,32). The summed E-state index contributed by atoms with van der Waals surface area (Å²) in [6.45, 7) is 0.552. The predicted molar refractivity (Wildman–Crippen MR) is 129 cm³/mol. The van der Waals surface area contributed by atoms with Crippen molar-refractivity contribution in [3.63, 3.8) is 0 Å². The van der Waals surface area contributed by atoms with Gasteiger partial charge in [0.2, 0.25) is 5.91 Å². The SMILES string of the molecule is O=C(O)Cc1cccc(NC(=O)CCCNC(=O)OCC2c3ccccc3-c3ccccc32)c1. The predicted octanol–water partition coefficient (Wildman–Crippen LogP) is 4.57. The van der Waals surface area contributed by atoms with Crippen molar-refractivity contribution in [2.75, 3.05) is 18.5 Å². The van der Waals surface area contributed by atoms with E-state index in [-0.39, 0.29) is 31.3 Å². The van der Waals surface area contributed by atoms with Crippen LogP contribution in [-0.2, 0) is 20.7 Å². The normalized spacial score (nSPS) is 11.9. The maximum atomic E-state index is 12.2. The molecule has 7 heteroatoms. The Hall–Kier alpha value is -4.13. The molecule has 2 amide bonds. The van der Waals surface area contributed by atoms with E-state index in [9.17, 15) is 14.4 Å². The molecule has 0 radical (unpaired) electrons. The van der Waals surface area contributed by atoms with Crippen LogP contribution in [0.15, 0.2) is 72.8 Å². The number of hydrogen-bond donors (Lipinski definition) is 3. The van der Waals surface area contributed by atoms with E-state index in [2.05, 4.69) is 34.9 Å². The average molecular weight is 459 g/mol. The second-order valence-electron chi connectivity index (χ2n) is 8.17. The fourth-order valence-electron chi connectivity index (χ4n) is 4.25. The lowest BCUT2D eigenvalue weighted by atomic mass is 9.98. The van der Waals surface area contributed by atoms with E-state index in [1.807, 2.05) is 24.3 Å². The number of aliphatic carboxylic acids is 1. The van der Waals surface area contributed by atoms with Crippen LogP contribution < -0.4 is 10.6 Å². The molecule has 174 valence electrons. The summed E-state index contributed by atoms with van der Waals surface area (Å²) < 4.78 is 5.49. The molecule has 1 aliphatic carbocycles. The summed E-state index contributed by atoms with van der Waals surface area (Å²) in [5.74, 6) is -1.13. The van der Waals surface area contributed by atoms with Gasteiger partial charge in [-0.05, 0) is 46.4 Å². The minimum absolute atomic E-state index is 0.000758. The number of fused-ring (bicyclic) bond motifs is 3. The number of carboxylic acid groups (broad SMARTS) is 1. The van der Waals surface area contributed by atoms with Gasteiger partial charge in [0, 0.05) is 24.6 Å². The van der Waals surface area contributed by atoms with Crippen molar-refractivity contribution in [2.45, 2.75) is 25.2 Å². The van der Waals surface area contributed by atoms with E-state index in [0.717, 1.165) is 11.1 Å². The zero-order chi connectivity index (χ0) is 23.9. The highest BCUT2D eigenvalue weighted by atomic mass is 16.5. The molecule has 3 aromatic carbocycles. The van der Waals surface area contributed by atoms with Crippen molar-refractivity contribution < 1.29 is 24.2 Å². The third kappa shape index (κ3) is 5.61. The maximum absolute atomic E-state index is 12.2. The minimum Gasteiger partial charge on any atom is -0.481 e. The molecule has 0 fully saturated rings. The minimum atomic E-state index is -0.928. The number of nitrogens with one attached hydrogen (secondary N) is 2. The third-order valence-electron chi connectivity index (χ3n) is 5.76. The molecule has 3 N–H and O–H groups in total. The molecule has 7 nitrogen and oxygen atoms in total. The Morgan fingerprint density at radius 1 is 0.882 bits per heavy atom. The van der Waals surface area contributed by atoms with Gasteiger partial charge in [0.15, 0.2) is 0 Å². The Morgan fingerprint density at radius 3 is 2.24 bits per heavy atom. The maximum Gasteiger partial charge on any atom is 0.407 e. The van der Waals surface area contributed by atoms with Gasteiger partial charge in [0.05, 0.1) is 6.42 Å². The first-order valence-corrected chi connectivity index (χ1v) is 11.2. The molecule has 0 bridgehead atoms. The van der Waals surface area contributed by atoms with Crippen LogP contribution in [0.1, 0.15) is 35.4 Å². The van der Waals surface area contributed by atoms with Crippen molar-refractivity contribution in [1.82, 2.24) is 5.32 Å². The van der Waals surface area contributed by atoms with Crippen LogP contribution in [0.2, 0.25) is 0 Å². The van der Waals surface area contributed by atoms with Gasteiger partial charge in [-0.15, -0.1) is 0 Å². The van der Waals surface area contributed by atoms with E-state index in [0.29, 0.717) is 24.2 Å². The number of amides is 2. The summed E-state index contributed by atoms with van der Waals surface area (Å²) in [5.41, 5.74) is 5.81. The molecule has 0 spiro atoms. The molecular weight excluding hydrogens is 432 g/mol. The third-order valence-corrected chi connectivity index (χ3v) is 5.76. The lowest BCUT2D eigenvalue weighted by molar-refractivity contribution is -0.136. The summed E-state index contributed by atoms with van der Waals surface area (Å²) in [5, 5.41) is 14.3. The van der Waals surface area contributed by atoms with Gasteiger partial charge in [-0.25, -0.2) is 4.79 Å². The van der Waals surface area contributed by atoms with E-state index in [1.54, 1.807) is 24.3 Å². The van der Waals surface area contributed by atoms with Gasteiger partial charge in [0.1, 0.15) is 6.61 Å². The Bertz CT molecular complexity index is 1160. The molecule has 4 rings (SSSR count). The molecule has 1 aliphatic rings. The van der Waals surface area contributed by atoms with Crippen LogP contribution in [0.5, 0.6) is 0 Å². The number of alkyl carbamates (subject to hydrolysis) is 1. The molecule has 0 aliphatic heterocycles. The summed E-state index contributed by atoms with van der Waals surface area (Å²) in [7, 11) is 0. The zero-order valence-electron chi connectivity index (χ0n) is 18.6. The van der Waals surface area contributed by atoms with Crippen molar-refractivity contribution >= 4 is 23.7 Å². The van der Waals surface area contributed by atoms with Gasteiger partial charge in [0.25, 0.3) is 0 Å². The number of ether oxygens (including phenoxy) is 1. The fourth-order valence-corrected chi connectivity index (χ4v) is 4.25. The van der Waals surface area contributed by atoms with Gasteiger partial charge in [-0.1, -0.05) is 60.7 Å². The summed E-state index contributed by atoms with van der Waals surface area (Å²) in [6.07, 6.45) is 0.0504. The van der Waals surface area contributed by atoms with E-state index in [1.165, 1.54) is 11.1 Å². The van der Waals surface area contributed by atoms with Crippen molar-refractivity contribution in [1.29, 1.82) is 0 Å². The van der Waals surface area contributed by atoms with Gasteiger partial charge in [-0.2, -0.15) is 0 Å². The molecule has 34 heavy (non-hydrogen) atoms. The second-order valence-corrected chi connectivity index (χ2v) is 8.17. The molecular formula is C27H26N2O5. The summed E-state index contributed by atoms with van der Waals surface area (Å²) in [6, 6.07) is 23.0. The molecule has 0 heterocycles. The first-order valence-electron chi connectivity index (χ1n) is 11.2. The number of carbonyl (C=O) groups is 3. The van der Waals surface area contributed by atoms with Crippen LogP contribution in [0.3, 0.4) is 0 Å². The Labute approximate surface area is 197 Å². The average Bonchev–Trinajstić information content (AvgIpc) is 3.14. The number of hydrogen-bond acceptors (Lipinski definition) is 4. The van der Waals surface area contributed by atoms with Crippen LogP contribution in [-0.4, -0.2) is 36.2 Å². The Kier molecular flexibility index (Phi) is 7.22. The van der Waals surface area contributed by atoms with E-state index >= 15 is 0 Å². The lowest BCUT2D eigenvalue weighted by Gasteiger charge is -2.14. The number of benzene rings is 3. The topological polar surface area (TPSA) is 105 Å². The summed E-state index contributed by atoms with van der Waals surface area (Å²) in [4.78, 5) is 35.2. The number of anilines is 1. The highest BCUT2D eigenvalue weighted by Gasteiger charge is 2.28. The van der Waals surface area contributed by atoms with Gasteiger partial charge < -0.3 is 20.5 Å². The second kappa shape index (κ2) is 10.7. The monoisotopic (exact) mass is 458 g/mol. The Balaban J connectivity index is 1.20. The molecule has 0 atom stereocenters. The summed E-state index contributed by atoms with van der Waals surface area (Å²) >= 11 is 0. The quantitative estimate of drug-likeness (QED) is 0.408. The fraction of sp³-hybridized carbons (Fsp3) is 0.222. The smallest absolute Gasteiger partial charge is 0.407 e. The van der Waals surface area contributed by atoms with E-state index in [4.69, 9.17) is 9.84 Å². The first kappa shape index (κ1) is 23.0. The van der Waals surface area contributed by atoms with Gasteiger partial charge >= 0.3 is 12.1 Å². The molecule has 3 aromatic rings. The van der Waals surface area contributed by atoms with Crippen LogP contribution in [0.4, 0.5) is 10.5 Å². The van der Waals surface area contributed by atoms with Crippen molar-refractivity contribution in [3.8, 4) is 11.1 Å². The van der Waals surface area contributed by atoms with Crippen LogP contribution in [0, 0.1) is 0 Å². The molecule has 0 saturated heterocycles. The first-order chi connectivity index (χ1) is 16.5. The number of carbonyl (C=O) groups excluding carboxylic acids is 2. The number of rotatable bonds is 9. The van der Waals surface area contributed by atoms with Crippen LogP contribution in [0.25, 0.3) is 11.1 Å². The zero-order valence-corrected chi connectivity index (χ0v) is 18.6. The van der Waals surface area contributed by atoms with Crippen molar-refractivity contribution in [2.24, 2.45) is 0 Å². The van der Waals surface area contributed by atoms with E-state index < -0.39 is 12.1 Å².